The number of nitrogens with one attached hydrogen (secondary N) is 1. The second-order valence-electron chi connectivity index (χ2n) is 5.25. The van der Waals surface area contributed by atoms with E-state index in [4.69, 9.17) is 0 Å². The van der Waals surface area contributed by atoms with Crippen LogP contribution in [0.25, 0.3) is 0 Å². The van der Waals surface area contributed by atoms with Gasteiger partial charge in [-0.25, -0.2) is 0 Å². The van der Waals surface area contributed by atoms with Crippen LogP contribution in [0.1, 0.15) is 45.6 Å². The van der Waals surface area contributed by atoms with Crippen LogP contribution in [0.2, 0.25) is 0 Å². The highest BCUT2D eigenvalue weighted by Crippen LogP contribution is 2.12. The van der Waals surface area contributed by atoms with Gasteiger partial charge in [0.2, 0.25) is 0 Å². The van der Waals surface area contributed by atoms with E-state index >= 15 is 0 Å². The Balaban J connectivity index is 2.33. The second kappa shape index (κ2) is 8.30. The topological polar surface area (TPSA) is 12.0 Å². The smallest absolute Gasteiger partial charge is 0.00702 e. The number of aryl methyl sites for hydroxylation is 1. The standard InChI is InChI=1S/C16H27N/c1-4-17-16(12-10-14(2)3)13-11-15-8-6-5-7-9-15/h5-9,14,16-17H,4,10-13H2,1-3H3. The Kier molecular flexibility index (Phi) is 6.95. The molecule has 0 saturated carbocycles. The van der Waals surface area contributed by atoms with Crippen LogP contribution in [0.15, 0.2) is 30.3 Å². The molecule has 1 unspecified atom stereocenters. The second-order valence-corrected chi connectivity index (χ2v) is 5.25. The SMILES string of the molecule is CCNC(CCc1ccccc1)CCC(C)C. The summed E-state index contributed by atoms with van der Waals surface area (Å²) in [5, 5.41) is 3.61. The molecule has 1 aromatic rings. The molecule has 0 heterocycles. The van der Waals surface area contributed by atoms with Gasteiger partial charge < -0.3 is 5.32 Å². The van der Waals surface area contributed by atoms with Crippen molar-refractivity contribution in [3.8, 4) is 0 Å². The molecule has 17 heavy (non-hydrogen) atoms. The van der Waals surface area contributed by atoms with Crippen molar-refractivity contribution in [2.45, 2.75) is 52.5 Å². The normalized spacial score (nSPS) is 12.9. The van der Waals surface area contributed by atoms with Gasteiger partial charge in [0, 0.05) is 6.04 Å². The summed E-state index contributed by atoms with van der Waals surface area (Å²) in [6, 6.07) is 11.5. The fourth-order valence-electron chi connectivity index (χ4n) is 2.16. The van der Waals surface area contributed by atoms with Crippen LogP contribution >= 0.6 is 0 Å². The van der Waals surface area contributed by atoms with Crippen molar-refractivity contribution < 1.29 is 0 Å². The summed E-state index contributed by atoms with van der Waals surface area (Å²) in [6.07, 6.45) is 5.08. The van der Waals surface area contributed by atoms with Crippen molar-refractivity contribution in [2.75, 3.05) is 6.54 Å². The maximum atomic E-state index is 3.61. The highest BCUT2D eigenvalue weighted by atomic mass is 14.9. The van der Waals surface area contributed by atoms with E-state index in [1.165, 1.54) is 31.2 Å². The molecule has 1 aromatic carbocycles. The van der Waals surface area contributed by atoms with Gasteiger partial charge in [-0.15, -0.1) is 0 Å². The molecule has 0 fully saturated rings. The minimum atomic E-state index is 0.683. The maximum absolute atomic E-state index is 3.61. The van der Waals surface area contributed by atoms with Gasteiger partial charge in [-0.1, -0.05) is 51.1 Å². The Bertz CT molecular complexity index is 279. The molecule has 0 aliphatic rings. The molecule has 0 aromatic heterocycles. The third-order valence-electron chi connectivity index (χ3n) is 3.21. The van der Waals surface area contributed by atoms with Crippen molar-refractivity contribution in [2.24, 2.45) is 5.92 Å². The molecular weight excluding hydrogens is 206 g/mol. The zero-order chi connectivity index (χ0) is 12.5. The van der Waals surface area contributed by atoms with Crippen LogP contribution < -0.4 is 5.32 Å². The first-order chi connectivity index (χ1) is 8.22. The van der Waals surface area contributed by atoms with Gasteiger partial charge in [0.15, 0.2) is 0 Å². The van der Waals surface area contributed by atoms with Crippen molar-refractivity contribution in [1.82, 2.24) is 5.32 Å². The Morgan fingerprint density at radius 3 is 2.29 bits per heavy atom. The molecular formula is C16H27N. The first kappa shape index (κ1) is 14.2. The molecule has 0 saturated heterocycles. The highest BCUT2D eigenvalue weighted by Gasteiger charge is 2.08. The molecule has 0 aliphatic heterocycles. The predicted octanol–water partition coefficient (Wildman–Crippen LogP) is 4.03. The van der Waals surface area contributed by atoms with Gasteiger partial charge in [0.05, 0.1) is 0 Å². The van der Waals surface area contributed by atoms with E-state index in [-0.39, 0.29) is 0 Å². The zero-order valence-corrected chi connectivity index (χ0v) is 11.6. The molecule has 0 bridgehead atoms. The fraction of sp³-hybridized carbons (Fsp3) is 0.625. The van der Waals surface area contributed by atoms with Gasteiger partial charge >= 0.3 is 0 Å². The summed E-state index contributed by atoms with van der Waals surface area (Å²) >= 11 is 0. The van der Waals surface area contributed by atoms with Gasteiger partial charge in [0.25, 0.3) is 0 Å². The van der Waals surface area contributed by atoms with Gasteiger partial charge in [-0.05, 0) is 43.7 Å². The highest BCUT2D eigenvalue weighted by molar-refractivity contribution is 5.14. The number of hydrogen-bond donors (Lipinski definition) is 1. The van der Waals surface area contributed by atoms with E-state index in [9.17, 15) is 0 Å². The lowest BCUT2D eigenvalue weighted by molar-refractivity contribution is 0.417. The summed E-state index contributed by atoms with van der Waals surface area (Å²) in [5.74, 6) is 0.813. The third kappa shape index (κ3) is 6.48. The van der Waals surface area contributed by atoms with E-state index in [1.807, 2.05) is 0 Å². The molecule has 0 radical (unpaired) electrons. The minimum Gasteiger partial charge on any atom is -0.314 e. The van der Waals surface area contributed by atoms with Crippen molar-refractivity contribution in [3.05, 3.63) is 35.9 Å². The molecule has 1 nitrogen and oxygen atoms in total. The molecule has 0 spiro atoms. The largest absolute Gasteiger partial charge is 0.314 e. The first-order valence-corrected chi connectivity index (χ1v) is 6.99. The minimum absolute atomic E-state index is 0.683. The molecule has 1 rings (SSSR count). The molecule has 1 heteroatoms. The quantitative estimate of drug-likeness (QED) is 0.714. The summed E-state index contributed by atoms with van der Waals surface area (Å²) in [5.41, 5.74) is 1.46. The molecule has 1 N–H and O–H groups in total. The summed E-state index contributed by atoms with van der Waals surface area (Å²) in [6.45, 7) is 7.89. The van der Waals surface area contributed by atoms with Crippen LogP contribution in [0.4, 0.5) is 0 Å². The van der Waals surface area contributed by atoms with E-state index < -0.39 is 0 Å². The van der Waals surface area contributed by atoms with E-state index in [1.54, 1.807) is 0 Å². The Morgan fingerprint density at radius 1 is 1.00 bits per heavy atom. The average molecular weight is 233 g/mol. The lowest BCUT2D eigenvalue weighted by atomic mass is 9.98. The Morgan fingerprint density at radius 2 is 1.71 bits per heavy atom. The van der Waals surface area contributed by atoms with Gasteiger partial charge in [-0.2, -0.15) is 0 Å². The van der Waals surface area contributed by atoms with Crippen LogP contribution in [-0.2, 0) is 6.42 Å². The number of rotatable bonds is 8. The molecule has 0 aliphatic carbocycles. The lowest BCUT2D eigenvalue weighted by Gasteiger charge is -2.18. The van der Waals surface area contributed by atoms with Crippen molar-refractivity contribution >= 4 is 0 Å². The summed E-state index contributed by atoms with van der Waals surface area (Å²) in [4.78, 5) is 0. The zero-order valence-electron chi connectivity index (χ0n) is 11.6. The summed E-state index contributed by atoms with van der Waals surface area (Å²) < 4.78 is 0. The fourth-order valence-corrected chi connectivity index (χ4v) is 2.16. The van der Waals surface area contributed by atoms with Crippen molar-refractivity contribution in [1.29, 1.82) is 0 Å². The van der Waals surface area contributed by atoms with Gasteiger partial charge in [0.1, 0.15) is 0 Å². The van der Waals surface area contributed by atoms with Crippen LogP contribution in [0.3, 0.4) is 0 Å². The molecule has 96 valence electrons. The maximum Gasteiger partial charge on any atom is 0.00702 e. The average Bonchev–Trinajstić information content (AvgIpc) is 2.34. The third-order valence-corrected chi connectivity index (χ3v) is 3.21. The number of hydrogen-bond acceptors (Lipinski definition) is 1. The predicted molar refractivity (Wildman–Crippen MR) is 76.3 cm³/mol. The summed E-state index contributed by atoms with van der Waals surface area (Å²) in [7, 11) is 0. The Labute approximate surface area is 107 Å². The van der Waals surface area contributed by atoms with E-state index in [0.717, 1.165) is 12.5 Å². The first-order valence-electron chi connectivity index (χ1n) is 6.99. The number of benzene rings is 1. The monoisotopic (exact) mass is 233 g/mol. The van der Waals surface area contributed by atoms with Crippen molar-refractivity contribution in [3.63, 3.8) is 0 Å². The van der Waals surface area contributed by atoms with Crippen LogP contribution in [0, 0.1) is 5.92 Å². The lowest BCUT2D eigenvalue weighted by Crippen LogP contribution is -2.29. The van der Waals surface area contributed by atoms with Gasteiger partial charge in [-0.3, -0.25) is 0 Å². The Hall–Kier alpha value is -0.820. The van der Waals surface area contributed by atoms with Crippen LogP contribution in [-0.4, -0.2) is 12.6 Å². The molecule has 1 atom stereocenters. The van der Waals surface area contributed by atoms with Crippen LogP contribution in [0.5, 0.6) is 0 Å². The van der Waals surface area contributed by atoms with E-state index in [2.05, 4.69) is 56.4 Å². The molecule has 0 amide bonds. The van der Waals surface area contributed by atoms with E-state index in [0.29, 0.717) is 6.04 Å².